The van der Waals surface area contributed by atoms with Crippen LogP contribution < -0.4 is 16.0 Å². The van der Waals surface area contributed by atoms with Crippen molar-refractivity contribution >= 4 is 34.2 Å². The Balaban J connectivity index is 1.73. The summed E-state index contributed by atoms with van der Waals surface area (Å²) in [6.45, 7) is 6.47. The minimum absolute atomic E-state index is 0.337. The zero-order valence-corrected chi connectivity index (χ0v) is 16.3. The molecule has 1 unspecified atom stereocenters. The highest BCUT2D eigenvalue weighted by Gasteiger charge is 2.33. The Kier molecular flexibility index (Phi) is 5.90. The van der Waals surface area contributed by atoms with Gasteiger partial charge in [-0.15, -0.1) is 0 Å². The maximum absolute atomic E-state index is 12.5. The third-order valence-electron chi connectivity index (χ3n) is 4.68. The zero-order chi connectivity index (χ0) is 19.4. The van der Waals surface area contributed by atoms with Crippen molar-refractivity contribution in [2.24, 2.45) is 5.73 Å². The van der Waals surface area contributed by atoms with Crippen LogP contribution in [0, 0.1) is 0 Å². The van der Waals surface area contributed by atoms with Gasteiger partial charge < -0.3 is 15.5 Å². The Bertz CT molecular complexity index is 820. The minimum atomic E-state index is -0.541. The molecule has 0 radical (unpaired) electrons. The first-order valence-electron chi connectivity index (χ1n) is 9.07. The third kappa shape index (κ3) is 4.19. The molecular weight excluding hydrogens is 364 g/mol. The number of aromatic nitrogens is 2. The summed E-state index contributed by atoms with van der Waals surface area (Å²) < 4.78 is 0. The summed E-state index contributed by atoms with van der Waals surface area (Å²) in [5.74, 6) is 0.445. The monoisotopic (exact) mass is 388 g/mol. The number of primary amides is 1. The summed E-state index contributed by atoms with van der Waals surface area (Å²) in [6.07, 6.45) is 4.89. The highest BCUT2D eigenvalue weighted by Crippen LogP contribution is 2.31. The van der Waals surface area contributed by atoms with Crippen molar-refractivity contribution in [3.63, 3.8) is 0 Å². The molecule has 2 aromatic rings. The first kappa shape index (κ1) is 19.1. The summed E-state index contributed by atoms with van der Waals surface area (Å²) in [6, 6.07) is 3.07. The number of nitrogens with zero attached hydrogens (tertiary/aromatic N) is 4. The Morgan fingerprint density at radius 3 is 2.85 bits per heavy atom. The van der Waals surface area contributed by atoms with Crippen molar-refractivity contribution in [2.45, 2.75) is 32.7 Å². The van der Waals surface area contributed by atoms with Gasteiger partial charge in [0.05, 0.1) is 4.88 Å². The lowest BCUT2D eigenvalue weighted by molar-refractivity contribution is -0.121. The first-order valence-corrected chi connectivity index (χ1v) is 9.89. The van der Waals surface area contributed by atoms with E-state index in [9.17, 15) is 9.59 Å². The summed E-state index contributed by atoms with van der Waals surface area (Å²) in [5, 5.41) is 3.27. The fourth-order valence-corrected chi connectivity index (χ4v) is 4.03. The van der Waals surface area contributed by atoms with E-state index in [1.165, 1.54) is 16.2 Å². The van der Waals surface area contributed by atoms with Crippen LogP contribution in [-0.4, -0.2) is 52.5 Å². The van der Waals surface area contributed by atoms with Gasteiger partial charge in [-0.3, -0.25) is 10.1 Å². The van der Waals surface area contributed by atoms with Crippen molar-refractivity contribution < 1.29 is 9.59 Å². The molecule has 0 aromatic carbocycles. The number of hydrogen-bond acceptors (Lipinski definition) is 6. The number of anilines is 2. The number of nitrogens with two attached hydrogens (primary N) is 1. The first-order chi connectivity index (χ1) is 13.0. The molecule has 8 nitrogen and oxygen atoms in total. The summed E-state index contributed by atoms with van der Waals surface area (Å²) >= 11 is 1.39. The van der Waals surface area contributed by atoms with E-state index in [1.54, 1.807) is 12.4 Å². The lowest BCUT2D eigenvalue weighted by Crippen LogP contribution is -2.45. The molecule has 1 aliphatic rings. The van der Waals surface area contributed by atoms with Crippen LogP contribution >= 0.6 is 11.3 Å². The predicted molar refractivity (Wildman–Crippen MR) is 107 cm³/mol. The molecular formula is C18H24N6O2S. The van der Waals surface area contributed by atoms with Gasteiger partial charge in [-0.25, -0.2) is 14.8 Å². The Hall–Kier alpha value is -2.68. The smallest absolute Gasteiger partial charge is 0.324 e. The standard InChI is InChI=1S/C18H24N6O2S/c1-3-23(4-2)15-10-12(7-8-20-15)14-11-21-17(27-14)22-18(26)24-9-5-6-13(24)16(19)25/h7-8,10-11,13H,3-6,9H2,1-2H3,(H2,19,25)(H,21,22,26). The van der Waals surface area contributed by atoms with Gasteiger partial charge in [0, 0.05) is 32.0 Å². The molecule has 144 valence electrons. The summed E-state index contributed by atoms with van der Waals surface area (Å²) in [4.78, 5) is 37.2. The van der Waals surface area contributed by atoms with Crippen LogP contribution in [0.25, 0.3) is 10.4 Å². The number of carbonyl (C=O) groups excluding carboxylic acids is 2. The maximum atomic E-state index is 12.5. The highest BCUT2D eigenvalue weighted by molar-refractivity contribution is 7.19. The van der Waals surface area contributed by atoms with Gasteiger partial charge in [0.15, 0.2) is 5.13 Å². The van der Waals surface area contributed by atoms with Crippen molar-refractivity contribution in [2.75, 3.05) is 29.9 Å². The molecule has 0 aliphatic carbocycles. The van der Waals surface area contributed by atoms with E-state index < -0.39 is 11.9 Å². The summed E-state index contributed by atoms with van der Waals surface area (Å²) in [7, 11) is 0. The third-order valence-corrected chi connectivity index (χ3v) is 5.64. The second-order valence-electron chi connectivity index (χ2n) is 6.29. The van der Waals surface area contributed by atoms with Gasteiger partial charge in [0.1, 0.15) is 11.9 Å². The number of hydrogen-bond donors (Lipinski definition) is 2. The average molecular weight is 388 g/mol. The van der Waals surface area contributed by atoms with E-state index in [4.69, 9.17) is 5.73 Å². The lowest BCUT2D eigenvalue weighted by atomic mass is 10.2. The van der Waals surface area contributed by atoms with Gasteiger partial charge in [-0.05, 0) is 44.4 Å². The van der Waals surface area contributed by atoms with Crippen LogP contribution in [-0.2, 0) is 4.79 Å². The van der Waals surface area contributed by atoms with Crippen LogP contribution in [0.1, 0.15) is 26.7 Å². The Labute approximate surface area is 162 Å². The SMILES string of the molecule is CCN(CC)c1cc(-c2cnc(NC(=O)N3CCCC3C(N)=O)s2)ccn1. The van der Waals surface area contributed by atoms with E-state index in [2.05, 4.69) is 34.0 Å². The number of urea groups is 1. The number of carbonyl (C=O) groups is 2. The molecule has 3 rings (SSSR count). The van der Waals surface area contributed by atoms with Crippen molar-refractivity contribution in [1.82, 2.24) is 14.9 Å². The second kappa shape index (κ2) is 8.34. The van der Waals surface area contributed by atoms with Gasteiger partial charge >= 0.3 is 6.03 Å². The molecule has 0 saturated carbocycles. The molecule has 3 amide bonds. The van der Waals surface area contributed by atoms with Gasteiger partial charge in [0.2, 0.25) is 5.91 Å². The van der Waals surface area contributed by atoms with Gasteiger partial charge in [-0.2, -0.15) is 0 Å². The summed E-state index contributed by atoms with van der Waals surface area (Å²) in [5.41, 5.74) is 6.38. The fourth-order valence-electron chi connectivity index (χ4n) is 3.23. The predicted octanol–water partition coefficient (Wildman–Crippen LogP) is 2.53. The average Bonchev–Trinajstić information content (AvgIpc) is 3.32. The molecule has 3 N–H and O–H groups in total. The molecule has 3 heterocycles. The maximum Gasteiger partial charge on any atom is 0.324 e. The van der Waals surface area contributed by atoms with Crippen LogP contribution in [0.5, 0.6) is 0 Å². The number of amides is 3. The Morgan fingerprint density at radius 2 is 2.15 bits per heavy atom. The largest absolute Gasteiger partial charge is 0.368 e. The number of rotatable bonds is 6. The van der Waals surface area contributed by atoms with Crippen molar-refractivity contribution in [3.05, 3.63) is 24.5 Å². The molecule has 2 aromatic heterocycles. The molecule has 0 bridgehead atoms. The van der Waals surface area contributed by atoms with Gasteiger partial charge in [-0.1, -0.05) is 11.3 Å². The number of thiazole rings is 1. The number of nitrogens with one attached hydrogen (secondary N) is 1. The number of likely N-dealkylation sites (tertiary alicyclic amines) is 1. The van der Waals surface area contributed by atoms with E-state index in [0.717, 1.165) is 35.8 Å². The molecule has 9 heteroatoms. The van der Waals surface area contributed by atoms with Crippen molar-refractivity contribution in [3.8, 4) is 10.4 Å². The highest BCUT2D eigenvalue weighted by atomic mass is 32.1. The zero-order valence-electron chi connectivity index (χ0n) is 15.5. The van der Waals surface area contributed by atoms with Crippen LogP contribution in [0.15, 0.2) is 24.5 Å². The quantitative estimate of drug-likeness (QED) is 0.791. The van der Waals surface area contributed by atoms with E-state index in [0.29, 0.717) is 18.1 Å². The van der Waals surface area contributed by atoms with Crippen LogP contribution in [0.2, 0.25) is 0 Å². The molecule has 1 fully saturated rings. The molecule has 0 spiro atoms. The number of pyridine rings is 1. The van der Waals surface area contributed by atoms with Crippen LogP contribution in [0.4, 0.5) is 15.7 Å². The normalized spacial score (nSPS) is 16.4. The van der Waals surface area contributed by atoms with Gasteiger partial charge in [0.25, 0.3) is 0 Å². The van der Waals surface area contributed by atoms with E-state index >= 15 is 0 Å². The molecule has 1 aliphatic heterocycles. The Morgan fingerprint density at radius 1 is 1.37 bits per heavy atom. The molecule has 1 saturated heterocycles. The molecule has 27 heavy (non-hydrogen) atoms. The van der Waals surface area contributed by atoms with E-state index in [1.807, 2.05) is 12.1 Å². The molecule has 1 atom stereocenters. The second-order valence-corrected chi connectivity index (χ2v) is 7.32. The van der Waals surface area contributed by atoms with Crippen LogP contribution in [0.3, 0.4) is 0 Å². The van der Waals surface area contributed by atoms with Crippen molar-refractivity contribution in [1.29, 1.82) is 0 Å². The van der Waals surface area contributed by atoms with E-state index in [-0.39, 0.29) is 6.03 Å². The minimum Gasteiger partial charge on any atom is -0.368 e. The lowest BCUT2D eigenvalue weighted by Gasteiger charge is -2.21. The topological polar surface area (TPSA) is 104 Å². The fraction of sp³-hybridized carbons (Fsp3) is 0.444.